The third-order valence-corrected chi connectivity index (χ3v) is 9.07. The molecule has 0 unspecified atom stereocenters. The fourth-order valence-electron chi connectivity index (χ4n) is 5.38. The Bertz CT molecular complexity index is 2130. The summed E-state index contributed by atoms with van der Waals surface area (Å²) in [4.78, 5) is 1.12. The van der Waals surface area contributed by atoms with Crippen LogP contribution in [0, 0.1) is 46.2 Å². The van der Waals surface area contributed by atoms with Gasteiger partial charge in [0.05, 0.1) is 0 Å². The Balaban J connectivity index is 1.60. The first kappa shape index (κ1) is 16.4. The Morgan fingerprint density at radius 2 is 1.35 bits per heavy atom. The van der Waals surface area contributed by atoms with Gasteiger partial charge in [-0.2, -0.15) is 0 Å². The summed E-state index contributed by atoms with van der Waals surface area (Å²) in [7, 11) is 0. The molecule has 2 aliphatic rings. The summed E-state index contributed by atoms with van der Waals surface area (Å²) in [5, 5.41) is 12.2. The highest BCUT2D eigenvalue weighted by Crippen LogP contribution is 2.37. The van der Waals surface area contributed by atoms with E-state index in [4.69, 9.17) is 0 Å². The molecule has 2 aromatic heterocycles. The number of hydrogen-bond acceptors (Lipinski definition) is 2. The zero-order valence-electron chi connectivity index (χ0n) is 16.2. The lowest BCUT2D eigenvalue weighted by molar-refractivity contribution is 0.628. The van der Waals surface area contributed by atoms with Crippen LogP contribution in [0.2, 0.25) is 0 Å². The molecule has 2 aliphatic carbocycles. The Hall–Kier alpha value is -3.27. The SMILES string of the molecule is Fc1cccc(-c2cc3c(s2)=c2ccc4c5c(ccc=3c25)=c2sc3ccccc3c2=4)c1. The Labute approximate surface area is 183 Å². The van der Waals surface area contributed by atoms with Crippen molar-refractivity contribution in [3.63, 3.8) is 0 Å². The van der Waals surface area contributed by atoms with Crippen molar-refractivity contribution in [2.75, 3.05) is 0 Å². The third-order valence-electron chi connectivity index (χ3n) is 6.65. The van der Waals surface area contributed by atoms with E-state index in [0.717, 1.165) is 10.4 Å². The van der Waals surface area contributed by atoms with Gasteiger partial charge in [-0.1, -0.05) is 54.6 Å². The maximum absolute atomic E-state index is 13.8. The minimum absolute atomic E-state index is 0.188. The van der Waals surface area contributed by atoms with Gasteiger partial charge in [-0.3, -0.25) is 0 Å². The molecule has 0 atom stereocenters. The average molecular weight is 433 g/mol. The van der Waals surface area contributed by atoms with Crippen LogP contribution in [0.4, 0.5) is 4.39 Å². The Morgan fingerprint density at radius 1 is 0.581 bits per heavy atom. The molecule has 0 fully saturated rings. The molecule has 6 aromatic rings. The van der Waals surface area contributed by atoms with Crippen LogP contribution in [0.15, 0.2) is 78.9 Å². The van der Waals surface area contributed by atoms with E-state index in [1.165, 1.54) is 67.3 Å². The average Bonchev–Trinajstić information content (AvgIpc) is 3.51. The van der Waals surface area contributed by atoms with E-state index in [2.05, 4.69) is 54.6 Å². The highest BCUT2D eigenvalue weighted by Gasteiger charge is 2.16. The molecule has 0 bridgehead atoms. The highest BCUT2D eigenvalue weighted by molar-refractivity contribution is 7.17. The molecule has 3 heteroatoms. The molecule has 0 saturated carbocycles. The molecule has 8 rings (SSSR count). The van der Waals surface area contributed by atoms with E-state index in [-0.39, 0.29) is 5.82 Å². The molecular weight excluding hydrogens is 419 g/mol. The molecule has 0 nitrogen and oxygen atoms in total. The topological polar surface area (TPSA) is 0 Å². The fourth-order valence-corrected chi connectivity index (χ4v) is 7.83. The Morgan fingerprint density at radius 3 is 2.26 bits per heavy atom. The van der Waals surface area contributed by atoms with Gasteiger partial charge in [-0.05, 0) is 51.0 Å². The first-order chi connectivity index (χ1) is 15.3. The molecule has 0 spiro atoms. The van der Waals surface area contributed by atoms with Crippen LogP contribution in [0.5, 0.6) is 0 Å². The van der Waals surface area contributed by atoms with E-state index in [1.54, 1.807) is 23.5 Å². The molecule has 144 valence electrons. The predicted octanol–water partition coefficient (Wildman–Crippen LogP) is 7.70. The van der Waals surface area contributed by atoms with Gasteiger partial charge >= 0.3 is 0 Å². The lowest BCUT2D eigenvalue weighted by Gasteiger charge is -2.00. The van der Waals surface area contributed by atoms with Crippen molar-refractivity contribution in [1.82, 2.24) is 0 Å². The molecule has 0 radical (unpaired) electrons. The van der Waals surface area contributed by atoms with E-state index in [9.17, 15) is 4.39 Å². The normalized spacial score (nSPS) is 12.7. The molecule has 0 N–H and O–H groups in total. The van der Waals surface area contributed by atoms with Crippen LogP contribution in [0.1, 0.15) is 0 Å². The van der Waals surface area contributed by atoms with Crippen LogP contribution < -0.4 is 0 Å². The summed E-state index contributed by atoms with van der Waals surface area (Å²) >= 11 is 3.67. The second kappa shape index (κ2) is 5.50. The molecule has 0 aliphatic heterocycles. The minimum atomic E-state index is -0.188. The van der Waals surface area contributed by atoms with Gasteiger partial charge in [0, 0.05) is 44.9 Å². The van der Waals surface area contributed by atoms with Gasteiger partial charge in [0.15, 0.2) is 0 Å². The van der Waals surface area contributed by atoms with Crippen LogP contribution in [0.3, 0.4) is 0 Å². The molecule has 0 saturated heterocycles. The third kappa shape index (κ3) is 1.94. The van der Waals surface area contributed by atoms with Gasteiger partial charge in [0.25, 0.3) is 0 Å². The van der Waals surface area contributed by atoms with Crippen molar-refractivity contribution in [1.29, 1.82) is 0 Å². The standard InChI is InChI=1S/C28H13FS2/c29-15-5-3-4-14(12-15)23-13-21-16-8-10-20-25-18(9-11-19(24(16)25)27(21)31-23)26-17-6-1-2-7-22(17)30-28(20)26/h1-13H. The maximum atomic E-state index is 13.8. The van der Waals surface area contributed by atoms with E-state index in [0.29, 0.717) is 0 Å². The minimum Gasteiger partial charge on any atom is -0.207 e. The molecule has 2 heterocycles. The van der Waals surface area contributed by atoms with Gasteiger partial charge in [0.2, 0.25) is 0 Å². The lowest BCUT2D eigenvalue weighted by Crippen LogP contribution is -1.80. The quantitative estimate of drug-likeness (QED) is 0.249. The summed E-state index contributed by atoms with van der Waals surface area (Å²) in [5.41, 5.74) is 0.948. The summed E-state index contributed by atoms with van der Waals surface area (Å²) in [5.74, 6) is -0.188. The first-order valence-corrected chi connectivity index (χ1v) is 11.9. The summed E-state index contributed by atoms with van der Waals surface area (Å²) in [6.45, 7) is 0. The van der Waals surface area contributed by atoms with E-state index < -0.39 is 0 Å². The van der Waals surface area contributed by atoms with E-state index >= 15 is 0 Å². The van der Waals surface area contributed by atoms with Crippen LogP contribution >= 0.6 is 22.7 Å². The molecule has 31 heavy (non-hydrogen) atoms. The van der Waals surface area contributed by atoms with Gasteiger partial charge in [-0.15, -0.1) is 22.7 Å². The maximum Gasteiger partial charge on any atom is 0.123 e. The summed E-state index contributed by atoms with van der Waals surface area (Å²) in [6.07, 6.45) is 0. The fraction of sp³-hybridized carbons (Fsp3) is 0. The monoisotopic (exact) mass is 432 g/mol. The van der Waals surface area contributed by atoms with E-state index in [1.807, 2.05) is 17.4 Å². The molecule has 4 aromatic carbocycles. The number of rotatable bonds is 1. The zero-order valence-corrected chi connectivity index (χ0v) is 17.8. The van der Waals surface area contributed by atoms with Crippen LogP contribution in [-0.2, 0) is 0 Å². The van der Waals surface area contributed by atoms with Crippen molar-refractivity contribution in [3.05, 3.63) is 125 Å². The zero-order chi connectivity index (χ0) is 20.3. The van der Waals surface area contributed by atoms with Crippen molar-refractivity contribution in [2.24, 2.45) is 0 Å². The molecular formula is C28H13FS2. The van der Waals surface area contributed by atoms with Gasteiger partial charge < -0.3 is 0 Å². The van der Waals surface area contributed by atoms with Crippen LogP contribution in [-0.4, -0.2) is 0 Å². The predicted molar refractivity (Wildman–Crippen MR) is 126 cm³/mol. The lowest BCUT2D eigenvalue weighted by atomic mass is 10.1. The van der Waals surface area contributed by atoms with Crippen LogP contribution in [0.25, 0.3) is 31.3 Å². The smallest absolute Gasteiger partial charge is 0.123 e. The first-order valence-electron chi connectivity index (χ1n) is 10.3. The van der Waals surface area contributed by atoms with Gasteiger partial charge in [0.1, 0.15) is 5.82 Å². The number of halogens is 1. The van der Waals surface area contributed by atoms with Crippen molar-refractivity contribution >= 4 is 43.5 Å². The summed E-state index contributed by atoms with van der Waals surface area (Å²) < 4.78 is 17.8. The van der Waals surface area contributed by atoms with Crippen molar-refractivity contribution in [3.8, 4) is 10.4 Å². The highest BCUT2D eigenvalue weighted by atomic mass is 32.1. The number of hydrogen-bond donors (Lipinski definition) is 0. The number of thiophene rings is 2. The number of benzene rings is 4. The summed E-state index contributed by atoms with van der Waals surface area (Å²) in [6, 6.07) is 27.1. The van der Waals surface area contributed by atoms with Gasteiger partial charge in [-0.25, -0.2) is 4.39 Å². The second-order valence-electron chi connectivity index (χ2n) is 8.24. The Kier molecular flexibility index (Phi) is 2.91. The largest absolute Gasteiger partial charge is 0.207 e. The number of fused-ring (bicyclic) bond motifs is 4. The van der Waals surface area contributed by atoms with Crippen molar-refractivity contribution < 1.29 is 4.39 Å². The second-order valence-corrected chi connectivity index (χ2v) is 10.3. The molecule has 0 amide bonds. The van der Waals surface area contributed by atoms with Crippen molar-refractivity contribution in [2.45, 2.75) is 0 Å².